The number of benzene rings is 2. The number of rotatable bonds is 5. The predicted molar refractivity (Wildman–Crippen MR) is 134 cm³/mol. The molecule has 176 valence electrons. The van der Waals surface area contributed by atoms with Crippen LogP contribution < -0.4 is 16.1 Å². The van der Waals surface area contributed by atoms with Gasteiger partial charge in [0, 0.05) is 46.8 Å². The molecule has 5 rings (SSSR count). The molecular formula is C26H30N6O2. The normalized spacial score (nSPS) is 14.7. The van der Waals surface area contributed by atoms with Crippen LogP contribution in [0, 0.1) is 6.92 Å². The van der Waals surface area contributed by atoms with Gasteiger partial charge in [-0.1, -0.05) is 60.2 Å². The summed E-state index contributed by atoms with van der Waals surface area (Å²) in [6.45, 7) is 6.95. The SMILES string of the molecule is Cc1ccc(CN2CCN(c3nc4c(c(=O)n(C)c(=O)n4C)n3Cc3ccccc3)CC2)cc1. The molecule has 1 aliphatic rings. The number of hydrogen-bond acceptors (Lipinski definition) is 5. The van der Waals surface area contributed by atoms with Crippen LogP contribution in [0.4, 0.5) is 5.95 Å². The van der Waals surface area contributed by atoms with Crippen molar-refractivity contribution in [1.82, 2.24) is 23.6 Å². The zero-order valence-electron chi connectivity index (χ0n) is 19.9. The molecule has 0 radical (unpaired) electrons. The minimum Gasteiger partial charge on any atom is -0.340 e. The van der Waals surface area contributed by atoms with E-state index in [9.17, 15) is 9.59 Å². The second-order valence-corrected chi connectivity index (χ2v) is 9.11. The second kappa shape index (κ2) is 8.95. The summed E-state index contributed by atoms with van der Waals surface area (Å²) >= 11 is 0. The van der Waals surface area contributed by atoms with Crippen LogP contribution in [-0.4, -0.2) is 49.8 Å². The van der Waals surface area contributed by atoms with Crippen molar-refractivity contribution in [1.29, 1.82) is 0 Å². The Hall–Kier alpha value is -3.65. The van der Waals surface area contributed by atoms with E-state index >= 15 is 0 Å². The number of aromatic nitrogens is 4. The van der Waals surface area contributed by atoms with E-state index in [-0.39, 0.29) is 11.2 Å². The third-order valence-corrected chi connectivity index (χ3v) is 6.69. The summed E-state index contributed by atoms with van der Waals surface area (Å²) in [6.07, 6.45) is 0. The van der Waals surface area contributed by atoms with Gasteiger partial charge in [-0.25, -0.2) is 4.79 Å². The van der Waals surface area contributed by atoms with Crippen molar-refractivity contribution >= 4 is 17.1 Å². The lowest BCUT2D eigenvalue weighted by Crippen LogP contribution is -2.47. The molecule has 1 aliphatic heterocycles. The molecule has 0 aliphatic carbocycles. The van der Waals surface area contributed by atoms with Crippen LogP contribution in [0.15, 0.2) is 64.2 Å². The molecule has 0 N–H and O–H groups in total. The van der Waals surface area contributed by atoms with E-state index in [1.165, 1.54) is 22.7 Å². The van der Waals surface area contributed by atoms with E-state index in [0.29, 0.717) is 17.7 Å². The molecule has 0 atom stereocenters. The highest BCUT2D eigenvalue weighted by Gasteiger charge is 2.25. The van der Waals surface area contributed by atoms with Gasteiger partial charge in [0.1, 0.15) is 0 Å². The summed E-state index contributed by atoms with van der Waals surface area (Å²) in [5.41, 5.74) is 3.88. The van der Waals surface area contributed by atoms with Crippen LogP contribution in [0.1, 0.15) is 16.7 Å². The molecule has 1 fully saturated rings. The van der Waals surface area contributed by atoms with Crippen LogP contribution in [0.3, 0.4) is 0 Å². The molecule has 8 heteroatoms. The summed E-state index contributed by atoms with van der Waals surface area (Å²) in [7, 11) is 3.20. The Balaban J connectivity index is 1.48. The summed E-state index contributed by atoms with van der Waals surface area (Å²) in [5, 5.41) is 0. The molecular weight excluding hydrogens is 428 g/mol. The Morgan fingerprint density at radius 3 is 2.12 bits per heavy atom. The molecule has 3 heterocycles. The monoisotopic (exact) mass is 458 g/mol. The van der Waals surface area contributed by atoms with Gasteiger partial charge in [-0.05, 0) is 18.1 Å². The predicted octanol–water partition coefficient (Wildman–Crippen LogP) is 2.11. The smallest absolute Gasteiger partial charge is 0.332 e. The van der Waals surface area contributed by atoms with Crippen LogP contribution in [0.2, 0.25) is 0 Å². The van der Waals surface area contributed by atoms with E-state index in [0.717, 1.165) is 48.8 Å². The second-order valence-electron chi connectivity index (χ2n) is 9.11. The molecule has 0 unspecified atom stereocenters. The lowest BCUT2D eigenvalue weighted by Gasteiger charge is -2.35. The fourth-order valence-corrected chi connectivity index (χ4v) is 4.65. The highest BCUT2D eigenvalue weighted by Crippen LogP contribution is 2.23. The lowest BCUT2D eigenvalue weighted by molar-refractivity contribution is 0.248. The first-order valence-electron chi connectivity index (χ1n) is 11.7. The lowest BCUT2D eigenvalue weighted by atomic mass is 10.1. The average molecular weight is 459 g/mol. The molecule has 8 nitrogen and oxygen atoms in total. The maximum atomic E-state index is 13.1. The van der Waals surface area contributed by atoms with E-state index in [1.807, 2.05) is 34.9 Å². The van der Waals surface area contributed by atoms with E-state index in [2.05, 4.69) is 41.0 Å². The molecule has 0 spiro atoms. The molecule has 2 aromatic heterocycles. The van der Waals surface area contributed by atoms with Crippen molar-refractivity contribution in [3.8, 4) is 0 Å². The van der Waals surface area contributed by atoms with Crippen molar-refractivity contribution in [2.75, 3.05) is 31.1 Å². The van der Waals surface area contributed by atoms with Gasteiger partial charge >= 0.3 is 5.69 Å². The largest absolute Gasteiger partial charge is 0.340 e. The Labute approximate surface area is 198 Å². The van der Waals surface area contributed by atoms with E-state index in [4.69, 9.17) is 4.98 Å². The standard InChI is InChI=1S/C26H30N6O2/c1-19-9-11-21(12-10-19)17-30-13-15-31(16-14-30)25-27-23-22(24(33)29(3)26(34)28(23)2)32(25)18-20-7-5-4-6-8-20/h4-12H,13-18H2,1-3H3. The first-order chi connectivity index (χ1) is 16.4. The zero-order valence-corrected chi connectivity index (χ0v) is 19.9. The van der Waals surface area contributed by atoms with Crippen LogP contribution >= 0.6 is 0 Å². The first-order valence-corrected chi connectivity index (χ1v) is 11.7. The number of anilines is 1. The number of piperazine rings is 1. The van der Waals surface area contributed by atoms with E-state index < -0.39 is 0 Å². The summed E-state index contributed by atoms with van der Waals surface area (Å²) in [4.78, 5) is 35.2. The van der Waals surface area contributed by atoms with Crippen molar-refractivity contribution in [3.63, 3.8) is 0 Å². The van der Waals surface area contributed by atoms with Gasteiger partial charge < -0.3 is 4.90 Å². The van der Waals surface area contributed by atoms with Gasteiger partial charge in [0.25, 0.3) is 5.56 Å². The van der Waals surface area contributed by atoms with Crippen molar-refractivity contribution in [3.05, 3.63) is 92.1 Å². The summed E-state index contributed by atoms with van der Waals surface area (Å²) in [5.74, 6) is 0.743. The number of nitrogens with zero attached hydrogens (tertiary/aromatic N) is 6. The third kappa shape index (κ3) is 4.05. The molecule has 0 amide bonds. The maximum absolute atomic E-state index is 13.1. The minimum absolute atomic E-state index is 0.314. The maximum Gasteiger partial charge on any atom is 0.332 e. The summed E-state index contributed by atoms with van der Waals surface area (Å²) < 4.78 is 4.60. The Morgan fingerprint density at radius 1 is 0.794 bits per heavy atom. The fourth-order valence-electron chi connectivity index (χ4n) is 4.65. The Kier molecular flexibility index (Phi) is 5.83. The molecule has 0 bridgehead atoms. The summed E-state index contributed by atoms with van der Waals surface area (Å²) in [6, 6.07) is 18.7. The van der Waals surface area contributed by atoms with Crippen molar-refractivity contribution < 1.29 is 0 Å². The quantitative estimate of drug-likeness (QED) is 0.458. The van der Waals surface area contributed by atoms with Crippen LogP contribution in [-0.2, 0) is 27.2 Å². The topological polar surface area (TPSA) is 68.3 Å². The highest BCUT2D eigenvalue weighted by atomic mass is 16.2. The van der Waals surface area contributed by atoms with Gasteiger partial charge in [0.05, 0.1) is 6.54 Å². The van der Waals surface area contributed by atoms with E-state index in [1.54, 1.807) is 7.05 Å². The van der Waals surface area contributed by atoms with Crippen molar-refractivity contribution in [2.24, 2.45) is 14.1 Å². The van der Waals surface area contributed by atoms with Gasteiger partial charge in [0.15, 0.2) is 11.2 Å². The Bertz CT molecular complexity index is 1420. The first kappa shape index (κ1) is 22.2. The molecule has 0 saturated carbocycles. The molecule has 2 aromatic carbocycles. The fraction of sp³-hybridized carbons (Fsp3) is 0.346. The highest BCUT2D eigenvalue weighted by molar-refractivity contribution is 5.74. The molecule has 1 saturated heterocycles. The number of fused-ring (bicyclic) bond motifs is 1. The molecule has 4 aromatic rings. The molecule has 34 heavy (non-hydrogen) atoms. The Morgan fingerprint density at radius 2 is 1.44 bits per heavy atom. The zero-order chi connectivity index (χ0) is 23.8. The van der Waals surface area contributed by atoms with Crippen molar-refractivity contribution in [2.45, 2.75) is 20.0 Å². The van der Waals surface area contributed by atoms with Crippen LogP contribution in [0.25, 0.3) is 11.2 Å². The number of imidazole rings is 1. The number of aryl methyl sites for hydroxylation is 2. The van der Waals surface area contributed by atoms with Gasteiger partial charge in [-0.15, -0.1) is 0 Å². The van der Waals surface area contributed by atoms with Crippen LogP contribution in [0.5, 0.6) is 0 Å². The number of hydrogen-bond donors (Lipinski definition) is 0. The van der Waals surface area contributed by atoms with Gasteiger partial charge in [0.2, 0.25) is 5.95 Å². The minimum atomic E-state index is -0.365. The third-order valence-electron chi connectivity index (χ3n) is 6.69. The van der Waals surface area contributed by atoms with Gasteiger partial charge in [-0.3, -0.25) is 23.4 Å². The van der Waals surface area contributed by atoms with Gasteiger partial charge in [-0.2, -0.15) is 4.98 Å². The average Bonchev–Trinajstić information content (AvgIpc) is 3.23.